The quantitative estimate of drug-likeness (QED) is 0.895. The topological polar surface area (TPSA) is 72.6 Å². The number of carboxylic acid groups (broad SMARTS) is 1. The van der Waals surface area contributed by atoms with Crippen molar-refractivity contribution in [2.24, 2.45) is 0 Å². The van der Waals surface area contributed by atoms with E-state index in [0.717, 1.165) is 6.42 Å². The standard InChI is InChI=1S/C14H15NO4/c1-3-10-5-4-6-11(7-10)18-8-12-15-9(2)13(19-12)14(16)17/h4-7H,3,8H2,1-2H3,(H,16,17). The van der Waals surface area contributed by atoms with Crippen LogP contribution in [0.2, 0.25) is 0 Å². The largest absolute Gasteiger partial charge is 0.484 e. The van der Waals surface area contributed by atoms with Gasteiger partial charge in [0, 0.05) is 0 Å². The van der Waals surface area contributed by atoms with Crippen molar-refractivity contribution in [3.8, 4) is 5.75 Å². The lowest BCUT2D eigenvalue weighted by Crippen LogP contribution is -1.96. The maximum atomic E-state index is 10.8. The van der Waals surface area contributed by atoms with Crippen LogP contribution in [0.25, 0.3) is 0 Å². The first-order valence-corrected chi connectivity index (χ1v) is 6.01. The molecular formula is C14H15NO4. The van der Waals surface area contributed by atoms with E-state index < -0.39 is 5.97 Å². The van der Waals surface area contributed by atoms with E-state index in [9.17, 15) is 4.79 Å². The Kier molecular flexibility index (Phi) is 3.85. The summed E-state index contributed by atoms with van der Waals surface area (Å²) in [7, 11) is 0. The molecule has 1 aromatic heterocycles. The summed E-state index contributed by atoms with van der Waals surface area (Å²) < 4.78 is 10.7. The first kappa shape index (κ1) is 13.1. The second-order valence-corrected chi connectivity index (χ2v) is 4.12. The van der Waals surface area contributed by atoms with E-state index in [1.807, 2.05) is 24.3 Å². The van der Waals surface area contributed by atoms with E-state index in [4.69, 9.17) is 14.3 Å². The first-order valence-electron chi connectivity index (χ1n) is 6.01. The average Bonchev–Trinajstić information content (AvgIpc) is 2.78. The Labute approximate surface area is 110 Å². The minimum Gasteiger partial charge on any atom is -0.484 e. The van der Waals surface area contributed by atoms with Crippen LogP contribution in [0.5, 0.6) is 5.75 Å². The van der Waals surface area contributed by atoms with Gasteiger partial charge in [0.1, 0.15) is 5.75 Å². The Morgan fingerprint density at radius 2 is 2.26 bits per heavy atom. The van der Waals surface area contributed by atoms with Crippen molar-refractivity contribution in [2.45, 2.75) is 26.9 Å². The predicted molar refractivity (Wildman–Crippen MR) is 68.4 cm³/mol. The van der Waals surface area contributed by atoms with E-state index >= 15 is 0 Å². The van der Waals surface area contributed by atoms with Crippen LogP contribution in [-0.4, -0.2) is 16.1 Å². The minimum atomic E-state index is -1.12. The van der Waals surface area contributed by atoms with Crippen molar-refractivity contribution in [3.63, 3.8) is 0 Å². The lowest BCUT2D eigenvalue weighted by Gasteiger charge is -2.04. The number of hydrogen-bond acceptors (Lipinski definition) is 4. The van der Waals surface area contributed by atoms with E-state index in [0.29, 0.717) is 11.4 Å². The molecule has 1 N–H and O–H groups in total. The third-order valence-electron chi connectivity index (χ3n) is 2.70. The van der Waals surface area contributed by atoms with Gasteiger partial charge >= 0.3 is 5.97 Å². The summed E-state index contributed by atoms with van der Waals surface area (Å²) >= 11 is 0. The van der Waals surface area contributed by atoms with Crippen molar-refractivity contribution in [3.05, 3.63) is 47.2 Å². The normalized spacial score (nSPS) is 10.4. The number of aromatic carboxylic acids is 1. The number of ether oxygens (including phenoxy) is 1. The van der Waals surface area contributed by atoms with Gasteiger partial charge in [0.25, 0.3) is 0 Å². The van der Waals surface area contributed by atoms with Crippen LogP contribution in [0.15, 0.2) is 28.7 Å². The van der Waals surface area contributed by atoms with Gasteiger partial charge in [-0.25, -0.2) is 9.78 Å². The van der Waals surface area contributed by atoms with E-state index in [1.165, 1.54) is 5.56 Å². The smallest absolute Gasteiger partial charge is 0.373 e. The highest BCUT2D eigenvalue weighted by atomic mass is 16.5. The van der Waals surface area contributed by atoms with Crippen molar-refractivity contribution in [1.82, 2.24) is 4.98 Å². The fourth-order valence-electron chi connectivity index (χ4n) is 1.71. The van der Waals surface area contributed by atoms with Gasteiger partial charge in [-0.15, -0.1) is 0 Å². The first-order chi connectivity index (χ1) is 9.10. The van der Waals surface area contributed by atoms with Crippen LogP contribution in [0.4, 0.5) is 0 Å². The third kappa shape index (κ3) is 3.13. The Morgan fingerprint density at radius 1 is 1.47 bits per heavy atom. The van der Waals surface area contributed by atoms with Crippen molar-refractivity contribution >= 4 is 5.97 Å². The molecule has 2 aromatic rings. The van der Waals surface area contributed by atoms with Crippen molar-refractivity contribution in [2.75, 3.05) is 0 Å². The molecule has 0 bridgehead atoms. The van der Waals surface area contributed by atoms with E-state index in [1.54, 1.807) is 6.92 Å². The summed E-state index contributed by atoms with van der Waals surface area (Å²) in [5.74, 6) is -0.283. The van der Waals surface area contributed by atoms with Gasteiger partial charge in [0.05, 0.1) is 5.69 Å². The summed E-state index contributed by atoms with van der Waals surface area (Å²) in [5.41, 5.74) is 1.53. The Hall–Kier alpha value is -2.30. The second-order valence-electron chi connectivity index (χ2n) is 4.12. The Balaban J connectivity index is 2.06. The average molecular weight is 261 g/mol. The number of carbonyl (C=O) groups is 1. The zero-order chi connectivity index (χ0) is 13.8. The lowest BCUT2D eigenvalue weighted by molar-refractivity contribution is 0.0657. The molecule has 5 heteroatoms. The molecule has 0 saturated heterocycles. The number of hydrogen-bond donors (Lipinski definition) is 1. The molecule has 1 aromatic carbocycles. The van der Waals surface area contributed by atoms with Crippen LogP contribution in [0.1, 0.15) is 34.6 Å². The number of rotatable bonds is 5. The van der Waals surface area contributed by atoms with Gasteiger partial charge in [-0.05, 0) is 31.0 Å². The van der Waals surface area contributed by atoms with Crippen LogP contribution >= 0.6 is 0 Å². The Bertz CT molecular complexity index is 589. The molecule has 0 aliphatic heterocycles. The molecule has 0 aliphatic rings. The molecule has 0 saturated carbocycles. The summed E-state index contributed by atoms with van der Waals surface area (Å²) in [6.07, 6.45) is 0.929. The number of aromatic nitrogens is 1. The van der Waals surface area contributed by atoms with Crippen molar-refractivity contribution in [1.29, 1.82) is 0 Å². The van der Waals surface area contributed by atoms with Crippen LogP contribution < -0.4 is 4.74 Å². The molecule has 0 spiro atoms. The molecule has 0 atom stereocenters. The van der Waals surface area contributed by atoms with E-state index in [2.05, 4.69) is 11.9 Å². The maximum Gasteiger partial charge on any atom is 0.373 e. The zero-order valence-electron chi connectivity index (χ0n) is 10.8. The molecule has 5 nitrogen and oxygen atoms in total. The van der Waals surface area contributed by atoms with E-state index in [-0.39, 0.29) is 18.3 Å². The van der Waals surface area contributed by atoms with Crippen LogP contribution in [-0.2, 0) is 13.0 Å². The number of nitrogens with zero attached hydrogens (tertiary/aromatic N) is 1. The van der Waals surface area contributed by atoms with Gasteiger partial charge in [-0.3, -0.25) is 0 Å². The molecule has 2 rings (SSSR count). The van der Waals surface area contributed by atoms with Gasteiger partial charge in [-0.2, -0.15) is 0 Å². The fourth-order valence-corrected chi connectivity index (χ4v) is 1.71. The maximum absolute atomic E-state index is 10.8. The molecule has 0 radical (unpaired) electrons. The summed E-state index contributed by atoms with van der Waals surface area (Å²) in [5, 5.41) is 8.86. The second kappa shape index (κ2) is 5.56. The third-order valence-corrected chi connectivity index (χ3v) is 2.70. The molecule has 1 heterocycles. The molecule has 0 unspecified atom stereocenters. The molecule has 0 fully saturated rings. The molecule has 0 aliphatic carbocycles. The summed E-state index contributed by atoms with van der Waals surface area (Å²) in [4.78, 5) is 14.8. The highest BCUT2D eigenvalue weighted by Gasteiger charge is 2.16. The van der Waals surface area contributed by atoms with Gasteiger partial charge in [-0.1, -0.05) is 19.1 Å². The molecule has 0 amide bonds. The number of benzene rings is 1. The van der Waals surface area contributed by atoms with Gasteiger partial charge < -0.3 is 14.3 Å². The number of aryl methyl sites for hydroxylation is 2. The van der Waals surface area contributed by atoms with Gasteiger partial charge in [0.2, 0.25) is 11.7 Å². The molecular weight excluding hydrogens is 246 g/mol. The number of carboxylic acids is 1. The highest BCUT2D eigenvalue weighted by Crippen LogP contribution is 2.16. The van der Waals surface area contributed by atoms with Crippen molar-refractivity contribution < 1.29 is 19.1 Å². The minimum absolute atomic E-state index is 0.112. The molecule has 19 heavy (non-hydrogen) atoms. The predicted octanol–water partition coefficient (Wildman–Crippen LogP) is 2.82. The highest BCUT2D eigenvalue weighted by molar-refractivity contribution is 5.85. The van der Waals surface area contributed by atoms with Crippen LogP contribution in [0, 0.1) is 6.92 Å². The monoisotopic (exact) mass is 261 g/mol. The Morgan fingerprint density at radius 3 is 2.89 bits per heavy atom. The fraction of sp³-hybridized carbons (Fsp3) is 0.286. The van der Waals surface area contributed by atoms with Crippen LogP contribution in [0.3, 0.4) is 0 Å². The lowest BCUT2D eigenvalue weighted by atomic mass is 10.2. The summed E-state index contributed by atoms with van der Waals surface area (Å²) in [6, 6.07) is 7.71. The zero-order valence-corrected chi connectivity index (χ0v) is 10.8. The number of oxazole rings is 1. The van der Waals surface area contributed by atoms with Gasteiger partial charge in [0.15, 0.2) is 6.61 Å². The SMILES string of the molecule is CCc1cccc(OCc2nc(C)c(C(=O)O)o2)c1. The molecule has 100 valence electrons. The summed E-state index contributed by atoms with van der Waals surface area (Å²) in [6.45, 7) is 3.77.